The molecule has 10 heteroatoms. The molecule has 1 aliphatic rings. The molecule has 1 saturated heterocycles. The van der Waals surface area contributed by atoms with Crippen molar-refractivity contribution in [3.8, 4) is 0 Å². The highest BCUT2D eigenvalue weighted by atomic mass is 32.2. The second-order valence-corrected chi connectivity index (χ2v) is 13.6. The number of anilines is 1. The van der Waals surface area contributed by atoms with Crippen LogP contribution in [0.2, 0.25) is 0 Å². The first-order valence-corrected chi connectivity index (χ1v) is 16.4. The van der Waals surface area contributed by atoms with Gasteiger partial charge in [-0.3, -0.25) is 4.72 Å². The molecule has 6 rings (SSSR count). The molecule has 210 valence electrons. The van der Waals surface area contributed by atoms with Crippen LogP contribution in [0, 0.1) is 0 Å². The Morgan fingerprint density at radius 3 is 2.46 bits per heavy atom. The van der Waals surface area contributed by atoms with Crippen LogP contribution < -0.4 is 4.72 Å². The van der Waals surface area contributed by atoms with Gasteiger partial charge in [-0.05, 0) is 47.5 Å². The summed E-state index contributed by atoms with van der Waals surface area (Å²) < 4.78 is 43.5. The van der Waals surface area contributed by atoms with E-state index in [1.54, 1.807) is 71.6 Å². The van der Waals surface area contributed by atoms with Crippen molar-refractivity contribution in [2.75, 3.05) is 10.5 Å². The summed E-state index contributed by atoms with van der Waals surface area (Å²) in [7, 11) is -3.74. The van der Waals surface area contributed by atoms with E-state index >= 15 is 0 Å². The van der Waals surface area contributed by atoms with Gasteiger partial charge in [0, 0.05) is 23.4 Å². The van der Waals surface area contributed by atoms with Gasteiger partial charge in [0.15, 0.2) is 10.6 Å². The Bertz CT molecular complexity index is 1690. The molecular formula is C31H28N2O5S3. The summed E-state index contributed by atoms with van der Waals surface area (Å²) >= 11 is 3.33. The third-order valence-electron chi connectivity index (χ3n) is 6.75. The number of para-hydroxylation sites is 1. The summed E-state index contributed by atoms with van der Waals surface area (Å²) in [5.74, 6) is 0.686. The van der Waals surface area contributed by atoms with Gasteiger partial charge in [0.05, 0.1) is 33.9 Å². The van der Waals surface area contributed by atoms with Crippen molar-refractivity contribution in [1.82, 2.24) is 4.98 Å². The predicted octanol–water partition coefficient (Wildman–Crippen LogP) is 6.93. The molecule has 0 radical (unpaired) electrons. The van der Waals surface area contributed by atoms with Crippen molar-refractivity contribution in [3.05, 3.63) is 120 Å². The summed E-state index contributed by atoms with van der Waals surface area (Å²) in [6, 6.07) is 31.2. The average molecular weight is 605 g/mol. The molecule has 0 bridgehead atoms. The van der Waals surface area contributed by atoms with Crippen LogP contribution in [-0.4, -0.2) is 30.4 Å². The number of aliphatic hydroxyl groups is 1. The molecule has 7 nitrogen and oxygen atoms in total. The van der Waals surface area contributed by atoms with Gasteiger partial charge >= 0.3 is 0 Å². The van der Waals surface area contributed by atoms with E-state index in [1.165, 1.54) is 0 Å². The number of fused-ring (bicyclic) bond motifs is 1. The van der Waals surface area contributed by atoms with Crippen LogP contribution in [0.4, 0.5) is 5.69 Å². The smallest absolute Gasteiger partial charge is 0.261 e. The van der Waals surface area contributed by atoms with Crippen molar-refractivity contribution in [1.29, 1.82) is 0 Å². The molecule has 0 aliphatic carbocycles. The van der Waals surface area contributed by atoms with Crippen LogP contribution in [-0.2, 0) is 26.1 Å². The molecule has 3 atom stereocenters. The minimum absolute atomic E-state index is 0.0232. The number of benzene rings is 4. The summed E-state index contributed by atoms with van der Waals surface area (Å²) in [6.45, 7) is -0.0232. The third-order valence-corrected chi connectivity index (χ3v) is 10.5. The van der Waals surface area contributed by atoms with Gasteiger partial charge < -0.3 is 14.6 Å². The molecule has 41 heavy (non-hydrogen) atoms. The quantitative estimate of drug-likeness (QED) is 0.176. The Morgan fingerprint density at radius 2 is 1.68 bits per heavy atom. The maximum absolute atomic E-state index is 12.9. The Hall–Kier alpha value is -3.25. The number of aliphatic hydroxyl groups excluding tert-OH is 1. The summed E-state index contributed by atoms with van der Waals surface area (Å²) in [5, 5.41) is 9.47. The third kappa shape index (κ3) is 6.64. The van der Waals surface area contributed by atoms with E-state index < -0.39 is 16.3 Å². The first-order valence-electron chi connectivity index (χ1n) is 13.1. The molecule has 4 aromatic carbocycles. The van der Waals surface area contributed by atoms with Gasteiger partial charge in [0.2, 0.25) is 0 Å². The zero-order valence-electron chi connectivity index (χ0n) is 21.9. The number of thiazole rings is 1. The van der Waals surface area contributed by atoms with Gasteiger partial charge in [-0.1, -0.05) is 78.5 Å². The van der Waals surface area contributed by atoms with Crippen LogP contribution in [0.3, 0.4) is 0 Å². The van der Waals surface area contributed by atoms with Crippen molar-refractivity contribution < 1.29 is 23.0 Å². The van der Waals surface area contributed by atoms with Crippen LogP contribution in [0.15, 0.2) is 112 Å². The molecule has 5 aromatic rings. The van der Waals surface area contributed by atoms with Crippen molar-refractivity contribution in [2.45, 2.75) is 40.8 Å². The van der Waals surface area contributed by atoms with Gasteiger partial charge in [0.25, 0.3) is 10.0 Å². The molecule has 2 N–H and O–H groups in total. The number of nitrogens with one attached hydrogen (secondary N) is 1. The first kappa shape index (κ1) is 27.9. The lowest BCUT2D eigenvalue weighted by Crippen LogP contribution is -2.31. The Kier molecular flexibility index (Phi) is 8.38. The number of hydrogen-bond acceptors (Lipinski definition) is 8. The van der Waals surface area contributed by atoms with Crippen molar-refractivity contribution in [2.24, 2.45) is 0 Å². The predicted molar refractivity (Wildman–Crippen MR) is 162 cm³/mol. The second-order valence-electron chi connectivity index (χ2n) is 9.65. The molecular weight excluding hydrogens is 577 g/mol. The molecule has 0 saturated carbocycles. The van der Waals surface area contributed by atoms with E-state index in [2.05, 4.69) is 10.8 Å². The Balaban J connectivity index is 1.23. The molecule has 0 amide bonds. The topological polar surface area (TPSA) is 97.8 Å². The first-order chi connectivity index (χ1) is 20.0. The standard InChI is InChI=1S/C31H28N2O5S3/c34-19-21-13-15-22(16-14-21)28-18-25(20-39-31-32-27-11-4-5-12-29(27)40-31)37-30(38-28)23-7-6-8-24(17-23)33-41(35,36)26-9-2-1-3-10-26/h1-17,25,28,30,33-34H,18-20H2/t25-,28+,30+/m1/s1. The fourth-order valence-corrected chi connectivity index (χ4v) is 7.85. The number of aromatic nitrogens is 1. The molecule has 0 unspecified atom stereocenters. The second kappa shape index (κ2) is 12.3. The number of rotatable bonds is 9. The molecule has 0 spiro atoms. The van der Waals surface area contributed by atoms with E-state index in [0.29, 0.717) is 23.4 Å². The van der Waals surface area contributed by atoms with E-state index in [4.69, 9.17) is 14.5 Å². The van der Waals surface area contributed by atoms with Gasteiger partial charge in [0.1, 0.15) is 0 Å². The van der Waals surface area contributed by atoms with Crippen molar-refractivity contribution >= 4 is 49.0 Å². The highest BCUT2D eigenvalue weighted by Crippen LogP contribution is 2.40. The van der Waals surface area contributed by atoms with Crippen LogP contribution in [0.1, 0.15) is 35.5 Å². The normalized spacial score (nSPS) is 19.3. The number of sulfonamides is 1. The molecule has 1 aromatic heterocycles. The highest BCUT2D eigenvalue weighted by Gasteiger charge is 2.32. The SMILES string of the molecule is O=S(=O)(Nc1cccc([C@H]2O[C@@H](CSc3nc4ccccc4s3)C[C@@H](c3ccc(CO)cc3)O2)c1)c1ccccc1. The van der Waals surface area contributed by atoms with E-state index in [-0.39, 0.29) is 23.7 Å². The van der Waals surface area contributed by atoms with E-state index in [9.17, 15) is 13.5 Å². The minimum Gasteiger partial charge on any atom is -0.392 e. The maximum atomic E-state index is 12.9. The number of nitrogens with zero attached hydrogens (tertiary/aromatic N) is 1. The van der Waals surface area contributed by atoms with Gasteiger partial charge in [-0.25, -0.2) is 13.4 Å². The minimum atomic E-state index is -3.74. The Labute approximate surface area is 247 Å². The summed E-state index contributed by atoms with van der Waals surface area (Å²) in [5.41, 5.74) is 3.95. The average Bonchev–Trinajstić information content (AvgIpc) is 3.43. The Morgan fingerprint density at radius 1 is 0.902 bits per heavy atom. The summed E-state index contributed by atoms with van der Waals surface area (Å²) in [6.07, 6.45) is -0.439. The monoisotopic (exact) mass is 604 g/mol. The molecule has 2 heterocycles. The van der Waals surface area contributed by atoms with Gasteiger partial charge in [-0.2, -0.15) is 0 Å². The van der Waals surface area contributed by atoms with Gasteiger partial charge in [-0.15, -0.1) is 11.3 Å². The largest absolute Gasteiger partial charge is 0.392 e. The zero-order chi connectivity index (χ0) is 28.2. The maximum Gasteiger partial charge on any atom is 0.261 e. The van der Waals surface area contributed by atoms with E-state index in [1.807, 2.05) is 48.5 Å². The number of hydrogen-bond donors (Lipinski definition) is 2. The molecule has 1 fully saturated rings. The lowest BCUT2D eigenvalue weighted by molar-refractivity contribution is -0.245. The molecule has 1 aliphatic heterocycles. The van der Waals surface area contributed by atoms with E-state index in [0.717, 1.165) is 25.7 Å². The summed E-state index contributed by atoms with van der Waals surface area (Å²) in [4.78, 5) is 4.94. The number of thioether (sulfide) groups is 1. The lowest BCUT2D eigenvalue weighted by Gasteiger charge is -2.36. The lowest BCUT2D eigenvalue weighted by atomic mass is 10.0. The fourth-order valence-electron chi connectivity index (χ4n) is 4.66. The zero-order valence-corrected chi connectivity index (χ0v) is 24.4. The number of ether oxygens (including phenoxy) is 2. The van der Waals surface area contributed by atoms with Crippen LogP contribution >= 0.6 is 23.1 Å². The van der Waals surface area contributed by atoms with Crippen LogP contribution in [0.25, 0.3) is 10.2 Å². The van der Waals surface area contributed by atoms with Crippen LogP contribution in [0.5, 0.6) is 0 Å². The van der Waals surface area contributed by atoms with Crippen molar-refractivity contribution in [3.63, 3.8) is 0 Å². The highest BCUT2D eigenvalue weighted by molar-refractivity contribution is 8.01. The fraction of sp³-hybridized carbons (Fsp3) is 0.194.